The van der Waals surface area contributed by atoms with E-state index in [4.69, 9.17) is 33.9 Å². The first kappa shape index (κ1) is 33.0. The Labute approximate surface area is 259 Å². The van der Waals surface area contributed by atoms with E-state index in [1.807, 2.05) is 97.9 Å². The van der Waals surface area contributed by atoms with Crippen molar-refractivity contribution >= 4 is 79.5 Å². The normalized spacial score (nSPS) is 12.9. The zero-order chi connectivity index (χ0) is 31.1. The topological polar surface area (TPSA) is 101 Å². The molecule has 0 bridgehead atoms. The van der Waals surface area contributed by atoms with Crippen LogP contribution in [-0.2, 0) is 19.1 Å². The monoisotopic (exact) mass is 610 g/mol. The fourth-order valence-electron chi connectivity index (χ4n) is 4.53. The van der Waals surface area contributed by atoms with E-state index in [1.165, 1.54) is 0 Å². The molecule has 0 saturated heterocycles. The number of esters is 2. The minimum Gasteiger partial charge on any atom is -0.461 e. The van der Waals surface area contributed by atoms with Gasteiger partial charge in [-0.05, 0) is 81.5 Å². The maximum atomic E-state index is 12.7. The Bertz CT molecular complexity index is 1460. The van der Waals surface area contributed by atoms with E-state index in [9.17, 15) is 9.59 Å². The molecule has 0 fully saturated rings. The summed E-state index contributed by atoms with van der Waals surface area (Å²) in [6.07, 6.45) is -0.455. The molecule has 42 heavy (non-hydrogen) atoms. The second kappa shape index (κ2) is 14.6. The molecule has 226 valence electrons. The van der Waals surface area contributed by atoms with Crippen LogP contribution in [0.3, 0.4) is 0 Å². The highest BCUT2D eigenvalue weighted by atomic mass is 32.1. The first-order valence-corrected chi connectivity index (χ1v) is 15.1. The van der Waals surface area contributed by atoms with Crippen LogP contribution >= 0.6 is 24.4 Å². The zero-order valence-corrected chi connectivity index (χ0v) is 27.2. The van der Waals surface area contributed by atoms with E-state index in [0.29, 0.717) is 10.2 Å². The van der Waals surface area contributed by atoms with Crippen molar-refractivity contribution in [3.05, 3.63) is 48.5 Å². The standard InChI is InChI=1S/C32H42N4O4S2/c1-17(2)26(29(37)39-19(5)6)34-31(41)33-25-15-11-14-23-24(25)16-21-12-9-10-13-22(21)28(23)36-32(42)35-27(18(3)4)30(38)40-20(7)8/h9-20,26-27H,1-8H3,(H2,33,34,41)(H2,35,36,42). The number of fused-ring (bicyclic) bond motifs is 2. The van der Waals surface area contributed by atoms with Crippen molar-refractivity contribution in [2.24, 2.45) is 11.8 Å². The van der Waals surface area contributed by atoms with Crippen molar-refractivity contribution in [2.45, 2.75) is 79.7 Å². The van der Waals surface area contributed by atoms with Crippen molar-refractivity contribution in [1.29, 1.82) is 0 Å². The summed E-state index contributed by atoms with van der Waals surface area (Å²) >= 11 is 11.3. The van der Waals surface area contributed by atoms with E-state index < -0.39 is 12.1 Å². The molecule has 3 aromatic rings. The summed E-state index contributed by atoms with van der Waals surface area (Å²) < 4.78 is 10.9. The SMILES string of the molecule is CC(C)OC(=O)C(NC(=S)Nc1cccc2c(NC(=S)NC(C(=O)OC(C)C)C(C)C)c3ccccc3cc12)C(C)C. The maximum absolute atomic E-state index is 12.7. The van der Waals surface area contributed by atoms with Gasteiger partial charge in [0, 0.05) is 21.8 Å². The van der Waals surface area contributed by atoms with Crippen LogP contribution in [0.1, 0.15) is 55.4 Å². The fourth-order valence-corrected chi connectivity index (χ4v) is 5.00. The van der Waals surface area contributed by atoms with Gasteiger partial charge in [-0.1, -0.05) is 64.1 Å². The quantitative estimate of drug-likeness (QED) is 0.115. The minimum absolute atomic E-state index is 0.0377. The second-order valence-corrected chi connectivity index (χ2v) is 12.3. The Hall–Kier alpha value is -3.50. The Morgan fingerprint density at radius 1 is 0.643 bits per heavy atom. The molecule has 0 amide bonds. The molecule has 0 aromatic heterocycles. The lowest BCUT2D eigenvalue weighted by Gasteiger charge is -2.25. The van der Waals surface area contributed by atoms with Gasteiger partial charge in [0.2, 0.25) is 0 Å². The van der Waals surface area contributed by atoms with Crippen LogP contribution in [0.5, 0.6) is 0 Å². The molecule has 2 unspecified atom stereocenters. The molecule has 0 saturated carbocycles. The number of rotatable bonds is 10. The van der Waals surface area contributed by atoms with Gasteiger partial charge in [-0.2, -0.15) is 0 Å². The van der Waals surface area contributed by atoms with Crippen LogP contribution in [0.2, 0.25) is 0 Å². The highest BCUT2D eigenvalue weighted by Crippen LogP contribution is 2.36. The van der Waals surface area contributed by atoms with E-state index >= 15 is 0 Å². The summed E-state index contributed by atoms with van der Waals surface area (Å²) in [4.78, 5) is 25.4. The molecule has 10 heteroatoms. The van der Waals surface area contributed by atoms with Crippen molar-refractivity contribution in [1.82, 2.24) is 10.6 Å². The molecule has 0 heterocycles. The van der Waals surface area contributed by atoms with Crippen LogP contribution in [0.25, 0.3) is 21.5 Å². The molecule has 0 spiro atoms. The third kappa shape index (κ3) is 8.51. The van der Waals surface area contributed by atoms with Gasteiger partial charge in [-0.3, -0.25) is 0 Å². The first-order valence-electron chi connectivity index (χ1n) is 14.3. The van der Waals surface area contributed by atoms with Crippen LogP contribution in [0, 0.1) is 11.8 Å². The lowest BCUT2D eigenvalue weighted by atomic mass is 9.99. The van der Waals surface area contributed by atoms with Gasteiger partial charge in [0.15, 0.2) is 10.2 Å². The Balaban J connectivity index is 1.95. The van der Waals surface area contributed by atoms with Crippen LogP contribution in [0.4, 0.5) is 11.4 Å². The fraction of sp³-hybridized carbons (Fsp3) is 0.438. The van der Waals surface area contributed by atoms with Crippen LogP contribution in [0.15, 0.2) is 48.5 Å². The van der Waals surface area contributed by atoms with Gasteiger partial charge in [0.05, 0.1) is 17.9 Å². The predicted octanol–water partition coefficient (Wildman–Crippen LogP) is 6.52. The lowest BCUT2D eigenvalue weighted by Crippen LogP contribution is -2.47. The van der Waals surface area contributed by atoms with Gasteiger partial charge in [-0.25, -0.2) is 9.59 Å². The average Bonchev–Trinajstić information content (AvgIpc) is 2.89. The number of ether oxygens (including phenoxy) is 2. The van der Waals surface area contributed by atoms with E-state index in [-0.39, 0.29) is 36.0 Å². The predicted molar refractivity (Wildman–Crippen MR) is 180 cm³/mol. The average molecular weight is 611 g/mol. The Morgan fingerprint density at radius 3 is 1.67 bits per heavy atom. The highest BCUT2D eigenvalue weighted by molar-refractivity contribution is 7.80. The van der Waals surface area contributed by atoms with Gasteiger partial charge in [0.25, 0.3) is 0 Å². The molecular formula is C32H42N4O4S2. The molecule has 0 aliphatic carbocycles. The number of benzene rings is 3. The molecule has 3 rings (SSSR count). The van der Waals surface area contributed by atoms with Crippen molar-refractivity contribution in [3.8, 4) is 0 Å². The number of carbonyl (C=O) groups is 2. The van der Waals surface area contributed by atoms with Gasteiger partial charge in [-0.15, -0.1) is 0 Å². The van der Waals surface area contributed by atoms with Gasteiger partial charge < -0.3 is 30.7 Å². The number of carbonyl (C=O) groups excluding carboxylic acids is 2. The highest BCUT2D eigenvalue weighted by Gasteiger charge is 2.27. The van der Waals surface area contributed by atoms with Crippen molar-refractivity contribution < 1.29 is 19.1 Å². The van der Waals surface area contributed by atoms with E-state index in [0.717, 1.165) is 32.9 Å². The minimum atomic E-state index is -0.606. The first-order chi connectivity index (χ1) is 19.8. The lowest BCUT2D eigenvalue weighted by molar-refractivity contribution is -0.151. The van der Waals surface area contributed by atoms with Crippen LogP contribution in [-0.4, -0.2) is 46.5 Å². The van der Waals surface area contributed by atoms with Gasteiger partial charge in [0.1, 0.15) is 12.1 Å². The molecule has 0 aliphatic heterocycles. The maximum Gasteiger partial charge on any atom is 0.329 e. The molecule has 0 radical (unpaired) electrons. The second-order valence-electron chi connectivity index (χ2n) is 11.5. The smallest absolute Gasteiger partial charge is 0.329 e. The summed E-state index contributed by atoms with van der Waals surface area (Å²) in [6.45, 7) is 15.0. The Kier molecular flexibility index (Phi) is 11.5. The van der Waals surface area contributed by atoms with Crippen LogP contribution < -0.4 is 21.3 Å². The number of hydrogen-bond acceptors (Lipinski definition) is 6. The molecule has 0 aliphatic rings. The number of thiocarbonyl (C=S) groups is 2. The zero-order valence-electron chi connectivity index (χ0n) is 25.5. The summed E-state index contributed by atoms with van der Waals surface area (Å²) in [5.41, 5.74) is 1.56. The van der Waals surface area contributed by atoms with Crippen molar-refractivity contribution in [2.75, 3.05) is 10.6 Å². The molecular weight excluding hydrogens is 569 g/mol. The molecule has 8 nitrogen and oxygen atoms in total. The number of hydrogen-bond donors (Lipinski definition) is 4. The third-order valence-corrected chi connectivity index (χ3v) is 6.95. The Morgan fingerprint density at radius 2 is 1.14 bits per heavy atom. The van der Waals surface area contributed by atoms with Gasteiger partial charge >= 0.3 is 11.9 Å². The van der Waals surface area contributed by atoms with E-state index in [1.54, 1.807) is 0 Å². The summed E-state index contributed by atoms with van der Waals surface area (Å²) in [5.74, 6) is -0.782. The summed E-state index contributed by atoms with van der Waals surface area (Å²) in [7, 11) is 0. The third-order valence-electron chi connectivity index (χ3n) is 6.51. The number of anilines is 2. The summed E-state index contributed by atoms with van der Waals surface area (Å²) in [6, 6.07) is 14.7. The van der Waals surface area contributed by atoms with Crippen molar-refractivity contribution in [3.63, 3.8) is 0 Å². The summed E-state index contributed by atoms with van der Waals surface area (Å²) in [5, 5.41) is 17.3. The molecule has 3 aromatic carbocycles. The number of nitrogens with one attached hydrogen (secondary N) is 4. The van der Waals surface area contributed by atoms with E-state index in [2.05, 4.69) is 27.3 Å². The molecule has 2 atom stereocenters. The largest absolute Gasteiger partial charge is 0.461 e. The molecule has 4 N–H and O–H groups in total.